The molecule has 16 heavy (non-hydrogen) atoms. The molecule has 0 saturated heterocycles. The molecule has 1 aromatic rings. The van der Waals surface area contributed by atoms with Crippen LogP contribution in [0.15, 0.2) is 29.3 Å². The summed E-state index contributed by atoms with van der Waals surface area (Å²) >= 11 is 0. The van der Waals surface area contributed by atoms with E-state index in [2.05, 4.69) is 4.99 Å². The van der Waals surface area contributed by atoms with Crippen molar-refractivity contribution in [2.75, 3.05) is 0 Å². The molecule has 0 heterocycles. The van der Waals surface area contributed by atoms with Gasteiger partial charge in [-0.15, -0.1) is 0 Å². The first kappa shape index (κ1) is 12.4. The Hall–Kier alpha value is -1.71. The number of para-hydroxylation sites is 1. The first-order valence-electron chi connectivity index (χ1n) is 5.25. The van der Waals surface area contributed by atoms with Gasteiger partial charge in [0.1, 0.15) is 0 Å². The van der Waals surface area contributed by atoms with Gasteiger partial charge in [0.05, 0.1) is 16.0 Å². The van der Waals surface area contributed by atoms with Crippen LogP contribution in [0.4, 0.5) is 5.69 Å². The van der Waals surface area contributed by atoms with Crippen molar-refractivity contribution in [3.05, 3.63) is 39.9 Å². The van der Waals surface area contributed by atoms with E-state index in [4.69, 9.17) is 0 Å². The standard InChI is InChI=1S/C12H16N2O2/c1-4-12(2,3)13-9-10-7-5-6-8-11(10)14(15)16/h5-9H,4H2,1-3H3. The maximum atomic E-state index is 10.8. The first-order chi connectivity index (χ1) is 7.46. The second kappa shape index (κ2) is 4.88. The van der Waals surface area contributed by atoms with Gasteiger partial charge in [-0.1, -0.05) is 19.1 Å². The number of rotatable bonds is 4. The maximum absolute atomic E-state index is 10.8. The van der Waals surface area contributed by atoms with Crippen molar-refractivity contribution in [2.45, 2.75) is 32.7 Å². The average Bonchev–Trinajstić information content (AvgIpc) is 2.27. The molecular formula is C12H16N2O2. The summed E-state index contributed by atoms with van der Waals surface area (Å²) in [5.41, 5.74) is 0.469. The molecule has 0 aliphatic rings. The Morgan fingerprint density at radius 3 is 2.62 bits per heavy atom. The predicted molar refractivity (Wildman–Crippen MR) is 65.1 cm³/mol. The minimum absolute atomic E-state index is 0.0955. The lowest BCUT2D eigenvalue weighted by atomic mass is 10.0. The molecule has 4 nitrogen and oxygen atoms in total. The largest absolute Gasteiger partial charge is 0.286 e. The Balaban J connectivity index is 3.02. The Morgan fingerprint density at radius 2 is 2.06 bits per heavy atom. The van der Waals surface area contributed by atoms with Crippen LogP contribution in [0.2, 0.25) is 0 Å². The van der Waals surface area contributed by atoms with Crippen LogP contribution >= 0.6 is 0 Å². The van der Waals surface area contributed by atoms with Crippen LogP contribution in [-0.4, -0.2) is 16.7 Å². The van der Waals surface area contributed by atoms with E-state index in [0.29, 0.717) is 5.56 Å². The molecule has 0 N–H and O–H groups in total. The molecule has 0 aromatic heterocycles. The van der Waals surface area contributed by atoms with E-state index < -0.39 is 0 Å². The van der Waals surface area contributed by atoms with Gasteiger partial charge in [0.2, 0.25) is 0 Å². The Labute approximate surface area is 95.2 Å². The van der Waals surface area contributed by atoms with Gasteiger partial charge in [-0.2, -0.15) is 0 Å². The third-order valence-electron chi connectivity index (χ3n) is 2.55. The second-order valence-corrected chi connectivity index (χ2v) is 4.24. The van der Waals surface area contributed by atoms with Crippen molar-refractivity contribution in [2.24, 2.45) is 4.99 Å². The molecule has 0 fully saturated rings. The van der Waals surface area contributed by atoms with Gasteiger partial charge >= 0.3 is 0 Å². The normalized spacial score (nSPS) is 11.9. The molecule has 0 unspecified atom stereocenters. The van der Waals surface area contributed by atoms with E-state index in [1.807, 2.05) is 20.8 Å². The van der Waals surface area contributed by atoms with Crippen LogP contribution in [0.1, 0.15) is 32.8 Å². The minimum Gasteiger partial charge on any atom is -0.286 e. The molecule has 0 atom stereocenters. The van der Waals surface area contributed by atoms with Crippen molar-refractivity contribution >= 4 is 11.9 Å². The van der Waals surface area contributed by atoms with Crippen LogP contribution in [0, 0.1) is 10.1 Å². The SMILES string of the molecule is CCC(C)(C)N=Cc1ccccc1[N+](=O)[O-]. The lowest BCUT2D eigenvalue weighted by Gasteiger charge is -2.15. The highest BCUT2D eigenvalue weighted by Gasteiger charge is 2.14. The molecule has 4 heteroatoms. The number of nitrogens with zero attached hydrogens (tertiary/aromatic N) is 2. The van der Waals surface area contributed by atoms with Crippen LogP contribution in [0.3, 0.4) is 0 Å². The van der Waals surface area contributed by atoms with Gasteiger partial charge in [-0.3, -0.25) is 15.1 Å². The summed E-state index contributed by atoms with van der Waals surface area (Å²) in [5, 5.41) is 10.8. The van der Waals surface area contributed by atoms with E-state index in [9.17, 15) is 10.1 Å². The number of nitro groups is 1. The Bertz CT molecular complexity index is 411. The van der Waals surface area contributed by atoms with E-state index in [0.717, 1.165) is 6.42 Å². The van der Waals surface area contributed by atoms with Crippen molar-refractivity contribution in [1.29, 1.82) is 0 Å². The molecule has 1 rings (SSSR count). The lowest BCUT2D eigenvalue weighted by Crippen LogP contribution is -2.14. The van der Waals surface area contributed by atoms with Crippen LogP contribution in [0.25, 0.3) is 0 Å². The number of hydrogen-bond acceptors (Lipinski definition) is 3. The van der Waals surface area contributed by atoms with Gasteiger partial charge in [0.25, 0.3) is 5.69 Å². The predicted octanol–water partition coefficient (Wildman–Crippen LogP) is 3.20. The fourth-order valence-electron chi connectivity index (χ4n) is 1.10. The maximum Gasteiger partial charge on any atom is 0.278 e. The Kier molecular flexibility index (Phi) is 3.77. The summed E-state index contributed by atoms with van der Waals surface area (Å²) in [7, 11) is 0. The quantitative estimate of drug-likeness (QED) is 0.444. The van der Waals surface area contributed by atoms with E-state index in [-0.39, 0.29) is 16.1 Å². The fourth-order valence-corrected chi connectivity index (χ4v) is 1.10. The van der Waals surface area contributed by atoms with E-state index in [1.165, 1.54) is 6.07 Å². The molecule has 0 spiro atoms. The van der Waals surface area contributed by atoms with Crippen molar-refractivity contribution < 1.29 is 4.92 Å². The molecule has 1 aromatic carbocycles. The number of hydrogen-bond donors (Lipinski definition) is 0. The topological polar surface area (TPSA) is 55.5 Å². The van der Waals surface area contributed by atoms with Crippen molar-refractivity contribution in [3.63, 3.8) is 0 Å². The third-order valence-corrected chi connectivity index (χ3v) is 2.55. The molecule has 0 bridgehead atoms. The van der Waals surface area contributed by atoms with Crippen molar-refractivity contribution in [1.82, 2.24) is 0 Å². The number of aliphatic imine (C=N–C) groups is 1. The fraction of sp³-hybridized carbons (Fsp3) is 0.417. The molecule has 86 valence electrons. The van der Waals surface area contributed by atoms with Gasteiger partial charge < -0.3 is 0 Å². The lowest BCUT2D eigenvalue weighted by molar-refractivity contribution is -0.385. The zero-order chi connectivity index (χ0) is 12.2. The van der Waals surface area contributed by atoms with Crippen LogP contribution in [0.5, 0.6) is 0 Å². The molecule has 0 aliphatic heterocycles. The average molecular weight is 220 g/mol. The van der Waals surface area contributed by atoms with Crippen LogP contribution in [-0.2, 0) is 0 Å². The monoisotopic (exact) mass is 220 g/mol. The van der Waals surface area contributed by atoms with Gasteiger partial charge in [0, 0.05) is 12.3 Å². The van der Waals surface area contributed by atoms with Gasteiger partial charge in [0.15, 0.2) is 0 Å². The van der Waals surface area contributed by atoms with E-state index in [1.54, 1.807) is 24.4 Å². The summed E-state index contributed by atoms with van der Waals surface area (Å²) in [4.78, 5) is 14.7. The van der Waals surface area contributed by atoms with Crippen LogP contribution < -0.4 is 0 Å². The van der Waals surface area contributed by atoms with Gasteiger partial charge in [-0.25, -0.2) is 0 Å². The number of benzene rings is 1. The highest BCUT2D eigenvalue weighted by molar-refractivity contribution is 5.85. The zero-order valence-electron chi connectivity index (χ0n) is 9.80. The Morgan fingerprint density at radius 1 is 1.44 bits per heavy atom. The first-order valence-corrected chi connectivity index (χ1v) is 5.25. The smallest absolute Gasteiger partial charge is 0.278 e. The van der Waals surface area contributed by atoms with Crippen molar-refractivity contribution in [3.8, 4) is 0 Å². The highest BCUT2D eigenvalue weighted by Crippen LogP contribution is 2.18. The zero-order valence-corrected chi connectivity index (χ0v) is 9.80. The molecular weight excluding hydrogens is 204 g/mol. The minimum atomic E-state index is -0.389. The van der Waals surface area contributed by atoms with Gasteiger partial charge in [-0.05, 0) is 26.3 Å². The van der Waals surface area contributed by atoms with E-state index >= 15 is 0 Å². The highest BCUT2D eigenvalue weighted by atomic mass is 16.6. The molecule has 0 amide bonds. The summed E-state index contributed by atoms with van der Waals surface area (Å²) in [6.45, 7) is 6.04. The summed E-state index contributed by atoms with van der Waals surface area (Å²) in [6, 6.07) is 6.61. The third kappa shape index (κ3) is 3.15. The molecule has 0 saturated carbocycles. The summed E-state index contributed by atoms with van der Waals surface area (Å²) in [6.07, 6.45) is 2.48. The molecule has 0 aliphatic carbocycles. The number of nitro benzene ring substituents is 1. The molecule has 0 radical (unpaired) electrons. The second-order valence-electron chi connectivity index (χ2n) is 4.24. The summed E-state index contributed by atoms with van der Waals surface area (Å²) < 4.78 is 0. The summed E-state index contributed by atoms with van der Waals surface area (Å²) in [5.74, 6) is 0.